The standard InChI is InChI=1S/C13H22N2O5/c1-2-15(11-8-20-7-10(11)12(17)18)13(19)14-5-3-4-9(16)6-14/h9-11,16H,2-8H2,1H3,(H,17,18). The number of rotatable bonds is 3. The molecule has 20 heavy (non-hydrogen) atoms. The molecule has 2 aliphatic heterocycles. The van der Waals surface area contributed by atoms with Crippen LogP contribution in [0.3, 0.4) is 0 Å². The monoisotopic (exact) mass is 286 g/mol. The highest BCUT2D eigenvalue weighted by Gasteiger charge is 2.41. The highest BCUT2D eigenvalue weighted by molar-refractivity contribution is 5.77. The summed E-state index contributed by atoms with van der Waals surface area (Å²) in [5, 5.41) is 18.8. The van der Waals surface area contributed by atoms with Crippen molar-refractivity contribution in [3.8, 4) is 0 Å². The smallest absolute Gasteiger partial charge is 0.320 e. The van der Waals surface area contributed by atoms with Crippen molar-refractivity contribution in [1.82, 2.24) is 9.80 Å². The highest BCUT2D eigenvalue weighted by atomic mass is 16.5. The Kier molecular flexibility index (Phi) is 4.82. The van der Waals surface area contributed by atoms with E-state index in [1.165, 1.54) is 0 Å². The number of aliphatic hydroxyl groups excluding tert-OH is 1. The second-order valence-electron chi connectivity index (χ2n) is 5.36. The van der Waals surface area contributed by atoms with Crippen LogP contribution in [0.1, 0.15) is 19.8 Å². The van der Waals surface area contributed by atoms with Crippen molar-refractivity contribution in [2.45, 2.75) is 31.9 Å². The number of carbonyl (C=O) groups is 2. The van der Waals surface area contributed by atoms with E-state index in [1.807, 2.05) is 6.92 Å². The molecule has 3 atom stereocenters. The number of likely N-dealkylation sites (N-methyl/N-ethyl adjacent to an activating group) is 1. The largest absolute Gasteiger partial charge is 0.481 e. The number of piperidine rings is 1. The van der Waals surface area contributed by atoms with Gasteiger partial charge in [-0.05, 0) is 19.8 Å². The van der Waals surface area contributed by atoms with Gasteiger partial charge in [-0.25, -0.2) is 4.79 Å². The van der Waals surface area contributed by atoms with Gasteiger partial charge in [-0.2, -0.15) is 0 Å². The molecule has 7 heteroatoms. The van der Waals surface area contributed by atoms with E-state index in [1.54, 1.807) is 9.80 Å². The molecule has 2 N–H and O–H groups in total. The van der Waals surface area contributed by atoms with Gasteiger partial charge in [-0.3, -0.25) is 4.79 Å². The topological polar surface area (TPSA) is 90.3 Å². The lowest BCUT2D eigenvalue weighted by molar-refractivity contribution is -0.142. The van der Waals surface area contributed by atoms with Gasteiger partial charge in [0, 0.05) is 19.6 Å². The van der Waals surface area contributed by atoms with Gasteiger partial charge in [0.05, 0.1) is 25.4 Å². The zero-order valence-electron chi connectivity index (χ0n) is 11.7. The summed E-state index contributed by atoms with van der Waals surface area (Å²) in [5.74, 6) is -1.61. The van der Waals surface area contributed by atoms with Crippen molar-refractivity contribution in [3.63, 3.8) is 0 Å². The minimum atomic E-state index is -0.933. The summed E-state index contributed by atoms with van der Waals surface area (Å²) in [6.07, 6.45) is 0.996. The second-order valence-corrected chi connectivity index (χ2v) is 5.36. The van der Waals surface area contributed by atoms with Gasteiger partial charge < -0.3 is 24.7 Å². The Balaban J connectivity index is 2.06. The molecule has 3 unspecified atom stereocenters. The number of amides is 2. The number of hydrogen-bond acceptors (Lipinski definition) is 4. The molecule has 114 valence electrons. The van der Waals surface area contributed by atoms with E-state index in [-0.39, 0.29) is 19.2 Å². The summed E-state index contributed by atoms with van der Waals surface area (Å²) >= 11 is 0. The summed E-state index contributed by atoms with van der Waals surface area (Å²) in [6, 6.07) is -0.628. The molecule has 0 aromatic rings. The van der Waals surface area contributed by atoms with Gasteiger partial charge in [-0.15, -0.1) is 0 Å². The number of nitrogens with zero attached hydrogens (tertiary/aromatic N) is 2. The maximum atomic E-state index is 12.5. The maximum Gasteiger partial charge on any atom is 0.320 e. The van der Waals surface area contributed by atoms with E-state index in [2.05, 4.69) is 0 Å². The molecule has 0 bridgehead atoms. The van der Waals surface area contributed by atoms with E-state index >= 15 is 0 Å². The molecular formula is C13H22N2O5. The quantitative estimate of drug-likeness (QED) is 0.761. The molecule has 0 saturated carbocycles. The van der Waals surface area contributed by atoms with Crippen LogP contribution in [0.4, 0.5) is 4.79 Å². The van der Waals surface area contributed by atoms with Crippen molar-refractivity contribution in [1.29, 1.82) is 0 Å². The van der Waals surface area contributed by atoms with Crippen molar-refractivity contribution < 1.29 is 24.5 Å². The molecule has 2 amide bonds. The number of carboxylic acids is 1. The van der Waals surface area contributed by atoms with Gasteiger partial charge >= 0.3 is 12.0 Å². The minimum absolute atomic E-state index is 0.145. The van der Waals surface area contributed by atoms with E-state index in [4.69, 9.17) is 4.74 Å². The van der Waals surface area contributed by atoms with Crippen LogP contribution in [0, 0.1) is 5.92 Å². The minimum Gasteiger partial charge on any atom is -0.481 e. The van der Waals surface area contributed by atoms with Crippen molar-refractivity contribution in [2.24, 2.45) is 5.92 Å². The Hall–Kier alpha value is -1.34. The molecule has 2 heterocycles. The summed E-state index contributed by atoms with van der Waals surface area (Å²) in [5.41, 5.74) is 0. The highest BCUT2D eigenvalue weighted by Crippen LogP contribution is 2.22. The fourth-order valence-corrected chi connectivity index (χ4v) is 2.91. The Bertz CT molecular complexity index is 376. The third-order valence-corrected chi connectivity index (χ3v) is 4.02. The molecule has 0 aliphatic carbocycles. The predicted octanol–water partition coefficient (Wildman–Crippen LogP) is -0.0154. The Labute approximate surface area is 118 Å². The number of carboxylic acid groups (broad SMARTS) is 1. The first-order chi connectivity index (χ1) is 9.54. The van der Waals surface area contributed by atoms with Gasteiger partial charge in [0.25, 0.3) is 0 Å². The molecule has 2 fully saturated rings. The Morgan fingerprint density at radius 2 is 2.15 bits per heavy atom. The molecule has 2 saturated heterocycles. The fraction of sp³-hybridized carbons (Fsp3) is 0.846. The number of aliphatic hydroxyl groups is 1. The Morgan fingerprint density at radius 3 is 2.75 bits per heavy atom. The van der Waals surface area contributed by atoms with Gasteiger partial charge in [0.1, 0.15) is 5.92 Å². The first-order valence-electron chi connectivity index (χ1n) is 7.08. The number of urea groups is 1. The second kappa shape index (κ2) is 6.41. The number of ether oxygens (including phenoxy) is 1. The van der Waals surface area contributed by atoms with Crippen molar-refractivity contribution in [2.75, 3.05) is 32.8 Å². The molecular weight excluding hydrogens is 264 g/mol. The van der Waals surface area contributed by atoms with Gasteiger partial charge in [0.15, 0.2) is 0 Å². The fourth-order valence-electron chi connectivity index (χ4n) is 2.91. The zero-order valence-corrected chi connectivity index (χ0v) is 11.7. The molecule has 2 aliphatic rings. The van der Waals surface area contributed by atoms with Crippen LogP contribution < -0.4 is 0 Å². The van der Waals surface area contributed by atoms with Crippen LogP contribution in [-0.2, 0) is 9.53 Å². The third kappa shape index (κ3) is 3.04. The van der Waals surface area contributed by atoms with Crippen LogP contribution in [-0.4, -0.2) is 77.0 Å². The van der Waals surface area contributed by atoms with Crippen molar-refractivity contribution in [3.05, 3.63) is 0 Å². The molecule has 0 aromatic carbocycles. The molecule has 0 radical (unpaired) electrons. The van der Waals surface area contributed by atoms with Crippen LogP contribution in [0.25, 0.3) is 0 Å². The average Bonchev–Trinajstić information content (AvgIpc) is 2.89. The molecule has 0 spiro atoms. The number of hydrogen-bond donors (Lipinski definition) is 2. The maximum absolute atomic E-state index is 12.5. The van der Waals surface area contributed by atoms with Gasteiger partial charge in [0.2, 0.25) is 0 Å². The molecule has 0 aromatic heterocycles. The van der Waals surface area contributed by atoms with E-state index in [9.17, 15) is 19.8 Å². The lowest BCUT2D eigenvalue weighted by atomic mass is 10.0. The summed E-state index contributed by atoms with van der Waals surface area (Å²) < 4.78 is 5.23. The predicted molar refractivity (Wildman–Crippen MR) is 70.3 cm³/mol. The number of aliphatic carboxylic acids is 1. The number of likely N-dealkylation sites (tertiary alicyclic amines) is 1. The Morgan fingerprint density at radius 1 is 1.40 bits per heavy atom. The molecule has 2 rings (SSSR count). The molecule has 7 nitrogen and oxygen atoms in total. The van der Waals surface area contributed by atoms with E-state index in [0.29, 0.717) is 26.1 Å². The van der Waals surface area contributed by atoms with E-state index in [0.717, 1.165) is 6.42 Å². The summed E-state index contributed by atoms with van der Waals surface area (Å²) in [7, 11) is 0. The van der Waals surface area contributed by atoms with E-state index < -0.39 is 24.0 Å². The van der Waals surface area contributed by atoms with Crippen LogP contribution in [0.2, 0.25) is 0 Å². The number of carbonyl (C=O) groups excluding carboxylic acids is 1. The van der Waals surface area contributed by atoms with Crippen LogP contribution in [0.5, 0.6) is 0 Å². The summed E-state index contributed by atoms with van der Waals surface area (Å²) in [6.45, 7) is 3.59. The van der Waals surface area contributed by atoms with Crippen LogP contribution in [0.15, 0.2) is 0 Å². The SMILES string of the molecule is CCN(C(=O)N1CCCC(O)C1)C1COCC1C(=O)O. The normalized spacial score (nSPS) is 30.3. The lowest BCUT2D eigenvalue weighted by Gasteiger charge is -2.37. The summed E-state index contributed by atoms with van der Waals surface area (Å²) in [4.78, 5) is 26.9. The first kappa shape index (κ1) is 15.1. The zero-order chi connectivity index (χ0) is 14.7. The lowest BCUT2D eigenvalue weighted by Crippen LogP contribution is -2.54. The van der Waals surface area contributed by atoms with Gasteiger partial charge in [-0.1, -0.05) is 0 Å². The van der Waals surface area contributed by atoms with Crippen LogP contribution >= 0.6 is 0 Å². The number of β-amino-alcohol motifs (C(OH)–C–C–N with tert-alkyl or cyclic N) is 1. The average molecular weight is 286 g/mol. The first-order valence-corrected chi connectivity index (χ1v) is 7.08. The third-order valence-electron chi connectivity index (χ3n) is 4.02. The van der Waals surface area contributed by atoms with Crippen molar-refractivity contribution >= 4 is 12.0 Å².